The van der Waals surface area contributed by atoms with Crippen molar-refractivity contribution in [2.45, 2.75) is 32.7 Å². The van der Waals surface area contributed by atoms with Crippen molar-refractivity contribution in [2.75, 3.05) is 0 Å². The van der Waals surface area contributed by atoms with E-state index in [0.29, 0.717) is 17.0 Å². The zero-order valence-electron chi connectivity index (χ0n) is 14.7. The summed E-state index contributed by atoms with van der Waals surface area (Å²) in [4.78, 5) is 12.7. The summed E-state index contributed by atoms with van der Waals surface area (Å²) in [6.45, 7) is 5.56. The highest BCUT2D eigenvalue weighted by atomic mass is 16.5. The van der Waals surface area contributed by atoms with Gasteiger partial charge in [-0.2, -0.15) is 0 Å². The molecule has 25 heavy (non-hydrogen) atoms. The molecule has 1 amide bonds. The Kier molecular flexibility index (Phi) is 4.98. The zero-order chi connectivity index (χ0) is 17.8. The Labute approximate surface area is 147 Å². The van der Waals surface area contributed by atoms with Crippen LogP contribution in [0.2, 0.25) is 0 Å². The number of aryl methyl sites for hydroxylation is 2. The lowest BCUT2D eigenvalue weighted by Gasteiger charge is -2.26. The predicted octanol–water partition coefficient (Wildman–Crippen LogP) is 4.24. The number of aromatic nitrogens is 1. The number of carbonyl (C=O) groups excluding carboxylic acids is 1. The van der Waals surface area contributed by atoms with Gasteiger partial charge in [0.25, 0.3) is 5.91 Å². The predicted molar refractivity (Wildman–Crippen MR) is 97.6 cm³/mol. The first-order valence-electron chi connectivity index (χ1n) is 8.41. The second-order valence-electron chi connectivity index (χ2n) is 6.26. The fourth-order valence-corrected chi connectivity index (χ4v) is 3.26. The summed E-state index contributed by atoms with van der Waals surface area (Å²) in [5, 5.41) is 6.99. The molecule has 0 aliphatic heterocycles. The van der Waals surface area contributed by atoms with Crippen molar-refractivity contribution in [3.8, 4) is 0 Å². The third-order valence-corrected chi connectivity index (χ3v) is 4.44. The summed E-state index contributed by atoms with van der Waals surface area (Å²) < 4.78 is 5.12. The van der Waals surface area contributed by atoms with E-state index in [9.17, 15) is 4.79 Å². The number of hydrogen-bond acceptors (Lipinski definition) is 3. The van der Waals surface area contributed by atoms with Crippen LogP contribution < -0.4 is 5.32 Å². The van der Waals surface area contributed by atoms with E-state index in [1.54, 1.807) is 13.8 Å². The lowest BCUT2D eigenvalue weighted by atomic mass is 9.85. The molecule has 4 heteroatoms. The minimum absolute atomic E-state index is 0.0619. The Morgan fingerprint density at radius 1 is 0.960 bits per heavy atom. The van der Waals surface area contributed by atoms with Crippen molar-refractivity contribution in [1.29, 1.82) is 0 Å². The van der Waals surface area contributed by atoms with Gasteiger partial charge in [0.1, 0.15) is 11.3 Å². The van der Waals surface area contributed by atoms with Crippen LogP contribution in [0.3, 0.4) is 0 Å². The van der Waals surface area contributed by atoms with Crippen molar-refractivity contribution in [2.24, 2.45) is 0 Å². The normalized spacial score (nSPS) is 12.2. The van der Waals surface area contributed by atoms with E-state index < -0.39 is 0 Å². The van der Waals surface area contributed by atoms with Crippen molar-refractivity contribution < 1.29 is 9.32 Å². The van der Waals surface area contributed by atoms with Crippen LogP contribution in [0.1, 0.15) is 45.8 Å². The first-order chi connectivity index (χ1) is 12.1. The molecule has 0 spiro atoms. The van der Waals surface area contributed by atoms with E-state index in [2.05, 4.69) is 34.7 Å². The smallest absolute Gasteiger partial charge is 0.257 e. The minimum Gasteiger partial charge on any atom is -0.361 e. The van der Waals surface area contributed by atoms with Crippen molar-refractivity contribution in [1.82, 2.24) is 10.5 Å². The Hall–Kier alpha value is -2.88. The molecule has 0 saturated heterocycles. The van der Waals surface area contributed by atoms with Gasteiger partial charge in [-0.1, -0.05) is 65.8 Å². The number of nitrogens with one attached hydrogen (secondary N) is 1. The number of rotatable bonds is 5. The van der Waals surface area contributed by atoms with Gasteiger partial charge in [0.2, 0.25) is 0 Å². The van der Waals surface area contributed by atoms with Gasteiger partial charge in [-0.15, -0.1) is 0 Å². The maximum atomic E-state index is 12.7. The Bertz CT molecular complexity index is 782. The molecule has 1 aromatic heterocycles. The van der Waals surface area contributed by atoms with Crippen molar-refractivity contribution >= 4 is 5.91 Å². The van der Waals surface area contributed by atoms with Crippen LogP contribution >= 0.6 is 0 Å². The first kappa shape index (κ1) is 17.0. The maximum Gasteiger partial charge on any atom is 0.257 e. The molecule has 3 rings (SSSR count). The fraction of sp³-hybridized carbons (Fsp3) is 0.238. The molecule has 0 radical (unpaired) electrons. The van der Waals surface area contributed by atoms with Gasteiger partial charge < -0.3 is 9.84 Å². The minimum atomic E-state index is -0.152. The average molecular weight is 334 g/mol. The zero-order valence-corrected chi connectivity index (χ0v) is 14.7. The number of hydrogen-bond donors (Lipinski definition) is 1. The summed E-state index contributed by atoms with van der Waals surface area (Å²) >= 11 is 0. The highest BCUT2D eigenvalue weighted by Crippen LogP contribution is 2.28. The van der Waals surface area contributed by atoms with E-state index in [1.165, 1.54) is 11.1 Å². The highest BCUT2D eigenvalue weighted by Gasteiger charge is 2.25. The van der Waals surface area contributed by atoms with E-state index in [1.807, 2.05) is 43.3 Å². The number of benzene rings is 2. The van der Waals surface area contributed by atoms with Crippen LogP contribution in [0, 0.1) is 13.8 Å². The quantitative estimate of drug-likeness (QED) is 0.759. The van der Waals surface area contributed by atoms with Gasteiger partial charge >= 0.3 is 0 Å². The molecule has 2 aromatic carbocycles. The third kappa shape index (κ3) is 3.63. The summed E-state index contributed by atoms with van der Waals surface area (Å²) in [5.41, 5.74) is 3.46. The van der Waals surface area contributed by atoms with Crippen LogP contribution in [-0.2, 0) is 0 Å². The molecular weight excluding hydrogens is 312 g/mol. The third-order valence-electron chi connectivity index (χ3n) is 4.44. The van der Waals surface area contributed by atoms with Crippen LogP contribution in [-0.4, -0.2) is 17.1 Å². The second-order valence-corrected chi connectivity index (χ2v) is 6.26. The van der Waals surface area contributed by atoms with Gasteiger partial charge in [0, 0.05) is 12.0 Å². The van der Waals surface area contributed by atoms with Crippen molar-refractivity contribution in [3.63, 3.8) is 0 Å². The fourth-order valence-electron chi connectivity index (χ4n) is 3.26. The van der Waals surface area contributed by atoms with E-state index in [0.717, 1.165) is 0 Å². The van der Waals surface area contributed by atoms with Gasteiger partial charge in [0.15, 0.2) is 0 Å². The maximum absolute atomic E-state index is 12.7. The Morgan fingerprint density at radius 3 is 1.92 bits per heavy atom. The molecule has 0 aliphatic carbocycles. The average Bonchev–Trinajstić information content (AvgIpc) is 2.95. The van der Waals surface area contributed by atoms with Gasteiger partial charge in [0.05, 0.1) is 5.69 Å². The molecule has 1 unspecified atom stereocenters. The summed E-state index contributed by atoms with van der Waals surface area (Å²) in [7, 11) is 0. The van der Waals surface area contributed by atoms with Crippen LogP contribution in [0.25, 0.3) is 0 Å². The topological polar surface area (TPSA) is 55.1 Å². The summed E-state index contributed by atoms with van der Waals surface area (Å²) in [6.07, 6.45) is 0. The highest BCUT2D eigenvalue weighted by molar-refractivity contribution is 5.96. The second kappa shape index (κ2) is 7.34. The Morgan fingerprint density at radius 2 is 1.48 bits per heavy atom. The van der Waals surface area contributed by atoms with Gasteiger partial charge in [-0.25, -0.2) is 0 Å². The molecule has 1 atom stereocenters. The van der Waals surface area contributed by atoms with E-state index in [-0.39, 0.29) is 17.9 Å². The largest absolute Gasteiger partial charge is 0.361 e. The Balaban J connectivity index is 1.90. The van der Waals surface area contributed by atoms with Crippen molar-refractivity contribution in [3.05, 3.63) is 88.8 Å². The van der Waals surface area contributed by atoms with Crippen LogP contribution in [0.4, 0.5) is 0 Å². The SMILES string of the molecule is Cc1noc(C)c1C(=O)NC(C)C(c1ccccc1)c1ccccc1. The van der Waals surface area contributed by atoms with E-state index in [4.69, 9.17) is 4.52 Å². The van der Waals surface area contributed by atoms with Crippen LogP contribution in [0.5, 0.6) is 0 Å². The van der Waals surface area contributed by atoms with Gasteiger partial charge in [-0.3, -0.25) is 4.79 Å². The molecule has 0 fully saturated rings. The lowest BCUT2D eigenvalue weighted by molar-refractivity contribution is 0.0935. The number of carbonyl (C=O) groups is 1. The summed E-state index contributed by atoms with van der Waals surface area (Å²) in [6, 6.07) is 20.4. The van der Waals surface area contributed by atoms with Crippen LogP contribution in [0.15, 0.2) is 65.2 Å². The molecule has 128 valence electrons. The summed E-state index contributed by atoms with van der Waals surface area (Å²) in [5.74, 6) is 0.450. The lowest BCUT2D eigenvalue weighted by Crippen LogP contribution is -2.38. The molecule has 3 aromatic rings. The molecule has 0 aliphatic rings. The molecule has 1 heterocycles. The van der Waals surface area contributed by atoms with E-state index >= 15 is 0 Å². The molecule has 1 N–H and O–H groups in total. The monoisotopic (exact) mass is 334 g/mol. The number of amides is 1. The molecule has 0 bridgehead atoms. The molecule has 0 saturated carbocycles. The number of nitrogens with zero attached hydrogens (tertiary/aromatic N) is 1. The standard InChI is InChI=1S/C21H22N2O2/c1-14(22-21(24)19-15(2)23-25-16(19)3)20(17-10-6-4-7-11-17)18-12-8-5-9-13-18/h4-14,20H,1-3H3,(H,22,24). The molecule has 4 nitrogen and oxygen atoms in total. The first-order valence-corrected chi connectivity index (χ1v) is 8.41. The van der Waals surface area contributed by atoms with Gasteiger partial charge in [-0.05, 0) is 31.9 Å². The molecular formula is C21H22N2O2.